The van der Waals surface area contributed by atoms with Crippen molar-refractivity contribution in [2.45, 2.75) is 32.8 Å². The van der Waals surface area contributed by atoms with Crippen LogP contribution in [-0.2, 0) is 4.74 Å². The topological polar surface area (TPSA) is 83.8 Å². The van der Waals surface area contributed by atoms with E-state index >= 15 is 0 Å². The number of ether oxygens (including phenoxy) is 1. The Balaban J connectivity index is 0.000000159. The molecule has 0 spiro atoms. The third kappa shape index (κ3) is 3.24. The van der Waals surface area contributed by atoms with E-state index in [0.717, 1.165) is 5.92 Å². The summed E-state index contributed by atoms with van der Waals surface area (Å²) in [5.41, 5.74) is 1.21. The van der Waals surface area contributed by atoms with E-state index in [4.69, 9.17) is 14.9 Å². The van der Waals surface area contributed by atoms with Crippen LogP contribution in [0.3, 0.4) is 0 Å². The van der Waals surface area contributed by atoms with Crippen molar-refractivity contribution in [1.82, 2.24) is 0 Å². The molecular formula is C16H18O5. The monoisotopic (exact) mass is 290 g/mol. The third-order valence-electron chi connectivity index (χ3n) is 3.68. The average molecular weight is 290 g/mol. The zero-order valence-corrected chi connectivity index (χ0v) is 12.0. The standard InChI is InChI=1S/C8H6O4.C8H12O/c9-7(10)5-3-1-2-4-6(5)8(11)12;1-5-3-8-7(5)4-6(2)9-8/h1-4H,(H,9,10)(H,11,12);5-6H,3-4H2,1-2H3. The number of allylic oxidation sites excluding steroid dienone is 1. The van der Waals surface area contributed by atoms with Gasteiger partial charge in [0, 0.05) is 12.8 Å². The van der Waals surface area contributed by atoms with Gasteiger partial charge in [-0.1, -0.05) is 19.1 Å². The number of carboxylic acids is 2. The molecule has 112 valence electrons. The van der Waals surface area contributed by atoms with Gasteiger partial charge in [-0.25, -0.2) is 9.59 Å². The highest BCUT2D eigenvalue weighted by Crippen LogP contribution is 2.43. The van der Waals surface area contributed by atoms with E-state index in [-0.39, 0.29) is 11.1 Å². The first kappa shape index (κ1) is 15.1. The number of carboxylic acid groups (broad SMARTS) is 2. The quantitative estimate of drug-likeness (QED) is 0.874. The smallest absolute Gasteiger partial charge is 0.336 e. The van der Waals surface area contributed by atoms with Crippen molar-refractivity contribution in [3.63, 3.8) is 0 Å². The number of carbonyl (C=O) groups is 2. The highest BCUT2D eigenvalue weighted by atomic mass is 16.5. The van der Waals surface area contributed by atoms with Gasteiger partial charge in [-0.2, -0.15) is 0 Å². The molecule has 2 unspecified atom stereocenters. The van der Waals surface area contributed by atoms with Gasteiger partial charge in [-0.15, -0.1) is 0 Å². The Bertz CT molecular complexity index is 569. The van der Waals surface area contributed by atoms with Gasteiger partial charge in [0.15, 0.2) is 0 Å². The molecule has 21 heavy (non-hydrogen) atoms. The summed E-state index contributed by atoms with van der Waals surface area (Å²) < 4.78 is 5.51. The molecule has 2 atom stereocenters. The van der Waals surface area contributed by atoms with Crippen LogP contribution in [0.5, 0.6) is 0 Å². The summed E-state index contributed by atoms with van der Waals surface area (Å²) in [6.45, 7) is 4.42. The number of hydrogen-bond acceptors (Lipinski definition) is 3. The second-order valence-corrected chi connectivity index (χ2v) is 5.34. The summed E-state index contributed by atoms with van der Waals surface area (Å²) in [4.78, 5) is 20.9. The van der Waals surface area contributed by atoms with E-state index in [0.29, 0.717) is 6.10 Å². The van der Waals surface area contributed by atoms with Gasteiger partial charge < -0.3 is 14.9 Å². The van der Waals surface area contributed by atoms with E-state index in [9.17, 15) is 9.59 Å². The van der Waals surface area contributed by atoms with E-state index in [2.05, 4.69) is 13.8 Å². The first-order chi connectivity index (χ1) is 9.90. The van der Waals surface area contributed by atoms with Crippen molar-refractivity contribution in [2.75, 3.05) is 0 Å². The molecule has 0 saturated heterocycles. The van der Waals surface area contributed by atoms with Crippen LogP contribution in [0.15, 0.2) is 35.6 Å². The van der Waals surface area contributed by atoms with Gasteiger partial charge in [0.05, 0.1) is 23.0 Å². The Hall–Kier alpha value is -2.30. The first-order valence-corrected chi connectivity index (χ1v) is 6.84. The lowest BCUT2D eigenvalue weighted by Gasteiger charge is -2.22. The highest BCUT2D eigenvalue weighted by molar-refractivity contribution is 6.01. The summed E-state index contributed by atoms with van der Waals surface area (Å²) >= 11 is 0. The lowest BCUT2D eigenvalue weighted by atomic mass is 9.83. The molecule has 0 aromatic heterocycles. The van der Waals surface area contributed by atoms with Crippen molar-refractivity contribution in [1.29, 1.82) is 0 Å². The Morgan fingerprint density at radius 2 is 1.57 bits per heavy atom. The van der Waals surface area contributed by atoms with Crippen molar-refractivity contribution < 1.29 is 24.5 Å². The first-order valence-electron chi connectivity index (χ1n) is 6.84. The molecule has 0 fully saturated rings. The minimum Gasteiger partial charge on any atom is -0.495 e. The predicted molar refractivity (Wildman–Crippen MR) is 76.3 cm³/mol. The molecule has 0 amide bonds. The largest absolute Gasteiger partial charge is 0.495 e. The van der Waals surface area contributed by atoms with Gasteiger partial charge in [-0.05, 0) is 30.5 Å². The minimum atomic E-state index is -1.23. The molecule has 5 nitrogen and oxygen atoms in total. The van der Waals surface area contributed by atoms with Gasteiger partial charge >= 0.3 is 11.9 Å². The van der Waals surface area contributed by atoms with Gasteiger partial charge in [0.2, 0.25) is 0 Å². The lowest BCUT2D eigenvalue weighted by molar-refractivity contribution is 0.0651. The summed E-state index contributed by atoms with van der Waals surface area (Å²) in [7, 11) is 0. The zero-order valence-electron chi connectivity index (χ0n) is 12.0. The van der Waals surface area contributed by atoms with E-state index in [1.807, 2.05) is 0 Å². The van der Waals surface area contributed by atoms with Crippen molar-refractivity contribution >= 4 is 11.9 Å². The maximum absolute atomic E-state index is 10.5. The van der Waals surface area contributed by atoms with Crippen LogP contribution in [0, 0.1) is 5.92 Å². The lowest BCUT2D eigenvalue weighted by Crippen LogP contribution is -2.10. The second kappa shape index (κ2) is 5.99. The number of hydrogen-bond donors (Lipinski definition) is 2. The van der Waals surface area contributed by atoms with Crippen LogP contribution in [0.2, 0.25) is 0 Å². The van der Waals surface area contributed by atoms with Crippen LogP contribution in [0.25, 0.3) is 0 Å². The molecule has 3 rings (SSSR count). The summed E-state index contributed by atoms with van der Waals surface area (Å²) in [5, 5.41) is 17.1. The van der Waals surface area contributed by atoms with Crippen LogP contribution in [0.1, 0.15) is 47.4 Å². The molecule has 1 aromatic rings. The minimum absolute atomic E-state index is 0.190. The summed E-state index contributed by atoms with van der Waals surface area (Å²) in [6.07, 6.45) is 2.86. The maximum atomic E-state index is 10.5. The van der Waals surface area contributed by atoms with Crippen molar-refractivity contribution in [3.05, 3.63) is 46.7 Å². The van der Waals surface area contributed by atoms with Gasteiger partial charge in [-0.3, -0.25) is 0 Å². The fourth-order valence-corrected chi connectivity index (χ4v) is 2.57. The second-order valence-electron chi connectivity index (χ2n) is 5.34. The van der Waals surface area contributed by atoms with Crippen LogP contribution in [0.4, 0.5) is 0 Å². The molecule has 0 bridgehead atoms. The number of aromatic carboxylic acids is 2. The molecule has 5 heteroatoms. The normalized spacial score (nSPS) is 22.4. The highest BCUT2D eigenvalue weighted by Gasteiger charge is 2.34. The van der Waals surface area contributed by atoms with E-state index in [1.165, 1.54) is 42.9 Å². The average Bonchev–Trinajstić information content (AvgIpc) is 2.75. The predicted octanol–water partition coefficient (Wildman–Crippen LogP) is 3.17. The Morgan fingerprint density at radius 1 is 1.05 bits per heavy atom. The molecule has 1 heterocycles. The maximum Gasteiger partial charge on any atom is 0.336 e. The molecule has 0 saturated carbocycles. The number of benzene rings is 1. The molecule has 0 radical (unpaired) electrons. The molecule has 1 aromatic carbocycles. The third-order valence-corrected chi connectivity index (χ3v) is 3.68. The Morgan fingerprint density at radius 3 is 1.90 bits per heavy atom. The molecule has 1 aliphatic carbocycles. The van der Waals surface area contributed by atoms with E-state index < -0.39 is 11.9 Å². The fourth-order valence-electron chi connectivity index (χ4n) is 2.57. The SMILES string of the molecule is CC1CC2=C(CC2C)O1.O=C(O)c1ccccc1C(=O)O. The molecule has 2 aliphatic rings. The van der Waals surface area contributed by atoms with Gasteiger partial charge in [0.1, 0.15) is 0 Å². The van der Waals surface area contributed by atoms with Gasteiger partial charge in [0.25, 0.3) is 0 Å². The molecule has 2 N–H and O–H groups in total. The molecular weight excluding hydrogens is 272 g/mol. The van der Waals surface area contributed by atoms with Crippen LogP contribution < -0.4 is 0 Å². The summed E-state index contributed by atoms with van der Waals surface area (Å²) in [6, 6.07) is 5.48. The van der Waals surface area contributed by atoms with Crippen LogP contribution >= 0.6 is 0 Å². The van der Waals surface area contributed by atoms with Crippen LogP contribution in [-0.4, -0.2) is 28.3 Å². The fraction of sp³-hybridized carbons (Fsp3) is 0.375. The van der Waals surface area contributed by atoms with E-state index in [1.54, 1.807) is 5.57 Å². The Labute approximate surface area is 122 Å². The summed E-state index contributed by atoms with van der Waals surface area (Å²) in [5.74, 6) is -0.332. The molecule has 1 aliphatic heterocycles. The van der Waals surface area contributed by atoms with Crippen molar-refractivity contribution in [2.24, 2.45) is 5.92 Å². The Kier molecular flexibility index (Phi) is 4.31. The number of rotatable bonds is 2. The van der Waals surface area contributed by atoms with Crippen molar-refractivity contribution in [3.8, 4) is 0 Å². The zero-order chi connectivity index (χ0) is 15.6.